The molecule has 0 radical (unpaired) electrons. The van der Waals surface area contributed by atoms with Crippen molar-refractivity contribution in [2.75, 3.05) is 7.11 Å². The Morgan fingerprint density at radius 2 is 1.87 bits per heavy atom. The molecule has 5 heteroatoms. The summed E-state index contributed by atoms with van der Waals surface area (Å²) in [6.45, 7) is 6.94. The number of hydrogen-bond acceptors (Lipinski definition) is 5. The van der Waals surface area contributed by atoms with Crippen LogP contribution in [0.25, 0.3) is 0 Å². The molecule has 0 heterocycles. The van der Waals surface area contributed by atoms with E-state index in [1.165, 1.54) is 7.11 Å². The molecule has 0 aromatic carbocycles. The van der Waals surface area contributed by atoms with Crippen molar-refractivity contribution in [1.82, 2.24) is 0 Å². The maximum absolute atomic E-state index is 11.7. The van der Waals surface area contributed by atoms with Crippen molar-refractivity contribution < 1.29 is 19.7 Å². The second kappa shape index (κ2) is 8.04. The molecule has 11 atom stereocenters. The molecular formula is C25H43NO4. The van der Waals surface area contributed by atoms with Crippen molar-refractivity contribution in [2.24, 2.45) is 52.1 Å². The molecule has 0 aromatic rings. The Kier molecular flexibility index (Phi) is 6.04. The van der Waals surface area contributed by atoms with Crippen LogP contribution in [0.2, 0.25) is 0 Å². The summed E-state index contributed by atoms with van der Waals surface area (Å²) in [5, 5.41) is 22.9. The van der Waals surface area contributed by atoms with Crippen LogP contribution >= 0.6 is 0 Å². The average molecular weight is 422 g/mol. The van der Waals surface area contributed by atoms with Crippen molar-refractivity contribution in [3.63, 3.8) is 0 Å². The normalized spacial score (nSPS) is 51.4. The van der Waals surface area contributed by atoms with Crippen molar-refractivity contribution in [3.8, 4) is 0 Å². The second-order valence-corrected chi connectivity index (χ2v) is 11.7. The number of fused-ring (bicyclic) bond motifs is 5. The molecule has 4 N–H and O–H groups in total. The minimum Gasteiger partial charge on any atom is -0.469 e. The van der Waals surface area contributed by atoms with Crippen LogP contribution in [-0.4, -0.2) is 41.5 Å². The molecule has 0 aromatic heterocycles. The highest BCUT2D eigenvalue weighted by Gasteiger charge is 2.65. The van der Waals surface area contributed by atoms with Gasteiger partial charge in [-0.3, -0.25) is 4.79 Å². The Hall–Kier alpha value is -0.650. The third kappa shape index (κ3) is 3.34. The molecule has 4 saturated carbocycles. The van der Waals surface area contributed by atoms with E-state index in [9.17, 15) is 15.0 Å². The Bertz CT molecular complexity index is 655. The molecule has 5 unspecified atom stereocenters. The summed E-state index contributed by atoms with van der Waals surface area (Å²) >= 11 is 0. The fourth-order valence-electron chi connectivity index (χ4n) is 8.84. The van der Waals surface area contributed by atoms with E-state index in [1.807, 2.05) is 0 Å². The standard InChI is InChI=1S/C25H43NO4/c1-14(5-8-22(29)30-4)17-6-7-18-23-19(13-21(28)25(17,18)3)24(2)10-9-16(26)11-15(24)12-20(23)27/h14-21,23,27-28H,5-13,26H2,1-4H3/t14-,15?,16+,17-,18?,19?,20?,21+,23?,24+,25-/m1/s1. The highest BCUT2D eigenvalue weighted by molar-refractivity contribution is 5.69. The molecule has 4 rings (SSSR count). The molecule has 0 aliphatic heterocycles. The summed E-state index contributed by atoms with van der Waals surface area (Å²) in [4.78, 5) is 11.7. The Morgan fingerprint density at radius 1 is 1.13 bits per heavy atom. The van der Waals surface area contributed by atoms with Gasteiger partial charge in [0.05, 0.1) is 19.3 Å². The molecule has 4 aliphatic rings. The lowest BCUT2D eigenvalue weighted by Crippen LogP contribution is -2.62. The first kappa shape index (κ1) is 22.5. The first-order chi connectivity index (χ1) is 14.1. The van der Waals surface area contributed by atoms with Crippen molar-refractivity contribution in [3.05, 3.63) is 0 Å². The molecule has 172 valence electrons. The number of nitrogens with two attached hydrogens (primary N) is 1. The van der Waals surface area contributed by atoms with E-state index in [0.717, 1.165) is 51.4 Å². The third-order valence-electron chi connectivity index (χ3n) is 10.6. The summed E-state index contributed by atoms with van der Waals surface area (Å²) in [6, 6.07) is 0.261. The van der Waals surface area contributed by atoms with Gasteiger partial charge in [-0.1, -0.05) is 20.8 Å². The lowest BCUT2D eigenvalue weighted by atomic mass is 9.43. The van der Waals surface area contributed by atoms with Crippen LogP contribution in [0.5, 0.6) is 0 Å². The monoisotopic (exact) mass is 421 g/mol. The van der Waals surface area contributed by atoms with Crippen molar-refractivity contribution in [1.29, 1.82) is 0 Å². The zero-order valence-corrected chi connectivity index (χ0v) is 19.3. The van der Waals surface area contributed by atoms with E-state index >= 15 is 0 Å². The number of aliphatic hydroxyl groups is 2. The highest BCUT2D eigenvalue weighted by Crippen LogP contribution is 2.68. The lowest BCUT2D eigenvalue weighted by Gasteiger charge is -2.63. The number of carbonyl (C=O) groups is 1. The number of esters is 1. The van der Waals surface area contributed by atoms with Crippen LogP contribution in [-0.2, 0) is 9.53 Å². The quantitative estimate of drug-likeness (QED) is 0.604. The van der Waals surface area contributed by atoms with Crippen LogP contribution in [0, 0.1) is 46.3 Å². The summed E-state index contributed by atoms with van der Waals surface area (Å²) in [5.41, 5.74) is 6.31. The van der Waals surface area contributed by atoms with Crippen molar-refractivity contribution >= 4 is 5.97 Å². The summed E-state index contributed by atoms with van der Waals surface area (Å²) in [6.07, 6.45) is 7.69. The van der Waals surface area contributed by atoms with Gasteiger partial charge in [0, 0.05) is 12.5 Å². The third-order valence-corrected chi connectivity index (χ3v) is 10.6. The van der Waals surface area contributed by atoms with Gasteiger partial charge in [-0.25, -0.2) is 0 Å². The van der Waals surface area contributed by atoms with Gasteiger partial charge in [-0.05, 0) is 97.7 Å². The zero-order chi connectivity index (χ0) is 21.8. The number of hydrogen-bond donors (Lipinski definition) is 3. The smallest absolute Gasteiger partial charge is 0.305 e. The van der Waals surface area contributed by atoms with Crippen LogP contribution in [0.1, 0.15) is 78.6 Å². The fraction of sp³-hybridized carbons (Fsp3) is 0.960. The van der Waals surface area contributed by atoms with E-state index < -0.39 is 0 Å². The summed E-state index contributed by atoms with van der Waals surface area (Å²) < 4.78 is 4.84. The van der Waals surface area contributed by atoms with Crippen LogP contribution < -0.4 is 5.73 Å². The van der Waals surface area contributed by atoms with Gasteiger partial charge in [0.25, 0.3) is 0 Å². The van der Waals surface area contributed by atoms with Gasteiger partial charge in [0.2, 0.25) is 0 Å². The predicted molar refractivity (Wildman–Crippen MR) is 116 cm³/mol. The number of carbonyl (C=O) groups excluding carboxylic acids is 1. The van der Waals surface area contributed by atoms with E-state index in [0.29, 0.717) is 36.0 Å². The van der Waals surface area contributed by atoms with E-state index in [2.05, 4.69) is 20.8 Å². The molecule has 4 aliphatic carbocycles. The maximum Gasteiger partial charge on any atom is 0.305 e. The first-order valence-electron chi connectivity index (χ1n) is 12.3. The first-order valence-corrected chi connectivity index (χ1v) is 12.3. The van der Waals surface area contributed by atoms with Gasteiger partial charge in [0.1, 0.15) is 0 Å². The van der Waals surface area contributed by atoms with Gasteiger partial charge in [-0.15, -0.1) is 0 Å². The van der Waals surface area contributed by atoms with E-state index in [4.69, 9.17) is 10.5 Å². The van der Waals surface area contributed by atoms with Crippen molar-refractivity contribution in [2.45, 2.75) is 96.8 Å². The SMILES string of the molecule is COC(=O)CC[C@@H](C)[C@H]1CCC2C3C(O)CC4C[C@@H](N)CC[C@]4(C)C3C[C@H](O)[C@@]21C. The predicted octanol–water partition coefficient (Wildman–Crippen LogP) is 3.50. The lowest BCUT2D eigenvalue weighted by molar-refractivity contribution is -0.202. The molecule has 5 nitrogen and oxygen atoms in total. The topological polar surface area (TPSA) is 92.8 Å². The fourth-order valence-corrected chi connectivity index (χ4v) is 8.84. The molecule has 0 spiro atoms. The molecule has 0 saturated heterocycles. The highest BCUT2D eigenvalue weighted by atomic mass is 16.5. The molecule has 0 amide bonds. The average Bonchev–Trinajstić information content (AvgIpc) is 3.06. The number of methoxy groups -OCH3 is 1. The van der Waals surface area contributed by atoms with Crippen LogP contribution in [0.3, 0.4) is 0 Å². The van der Waals surface area contributed by atoms with Gasteiger partial charge in [0.15, 0.2) is 0 Å². The molecular weight excluding hydrogens is 378 g/mol. The minimum absolute atomic E-state index is 0.150. The maximum atomic E-state index is 11.7. The Labute approximate surface area is 182 Å². The number of ether oxygens (including phenoxy) is 1. The second-order valence-electron chi connectivity index (χ2n) is 11.7. The van der Waals surface area contributed by atoms with E-state index in [1.54, 1.807) is 0 Å². The number of rotatable bonds is 4. The van der Waals surface area contributed by atoms with Gasteiger partial charge in [-0.2, -0.15) is 0 Å². The van der Waals surface area contributed by atoms with Crippen LogP contribution in [0.4, 0.5) is 0 Å². The van der Waals surface area contributed by atoms with Gasteiger partial charge < -0.3 is 20.7 Å². The minimum atomic E-state index is -0.338. The van der Waals surface area contributed by atoms with Crippen LogP contribution in [0.15, 0.2) is 0 Å². The Morgan fingerprint density at radius 3 is 2.57 bits per heavy atom. The molecule has 0 bridgehead atoms. The largest absolute Gasteiger partial charge is 0.469 e. The summed E-state index contributed by atoms with van der Waals surface area (Å²) in [5.74, 6) is 2.11. The molecule has 30 heavy (non-hydrogen) atoms. The number of aliphatic hydroxyl groups excluding tert-OH is 2. The van der Waals surface area contributed by atoms with E-state index in [-0.39, 0.29) is 41.0 Å². The summed E-state index contributed by atoms with van der Waals surface area (Å²) in [7, 11) is 1.45. The zero-order valence-electron chi connectivity index (χ0n) is 19.3. The molecule has 4 fully saturated rings. The Balaban J connectivity index is 1.58. The van der Waals surface area contributed by atoms with Gasteiger partial charge >= 0.3 is 5.97 Å².